The largest absolute Gasteiger partial charge is 0.506 e. The second-order valence-corrected chi connectivity index (χ2v) is 14.1. The maximum absolute atomic E-state index is 14.1. The van der Waals surface area contributed by atoms with Crippen molar-refractivity contribution in [2.45, 2.75) is 77.2 Å². The maximum atomic E-state index is 14.1. The van der Waals surface area contributed by atoms with E-state index in [0.29, 0.717) is 12.0 Å². The number of Topliss-reactive ketones (excluding diaryl/α,β-unsaturated/α-hetero) is 1. The minimum Gasteiger partial charge on any atom is -0.506 e. The molecule has 0 spiro atoms. The molecule has 0 saturated carbocycles. The van der Waals surface area contributed by atoms with E-state index in [1.807, 2.05) is 19.1 Å². The number of amides is 1. The van der Waals surface area contributed by atoms with Crippen LogP contribution in [0.3, 0.4) is 0 Å². The number of ether oxygens (including phenoxy) is 1. The number of fused-ring (bicyclic) bond motifs is 2. The summed E-state index contributed by atoms with van der Waals surface area (Å²) in [4.78, 5) is 26.3. The molecule has 0 bridgehead atoms. The van der Waals surface area contributed by atoms with Crippen LogP contribution >= 0.6 is 10.8 Å². The fourth-order valence-electron chi connectivity index (χ4n) is 4.69. The van der Waals surface area contributed by atoms with Gasteiger partial charge < -0.3 is 15.2 Å². The highest BCUT2D eigenvalue weighted by Crippen LogP contribution is 2.57. The van der Waals surface area contributed by atoms with E-state index in [1.54, 1.807) is 45.0 Å². The summed E-state index contributed by atoms with van der Waals surface area (Å²) in [6.07, 6.45) is 0.592. The van der Waals surface area contributed by atoms with Crippen molar-refractivity contribution >= 4 is 45.6 Å². The molecule has 1 heterocycles. The first-order valence-electron chi connectivity index (χ1n) is 12.8. The number of hydrogen-bond acceptors (Lipinski definition) is 8. The molecule has 39 heavy (non-hydrogen) atoms. The Hall–Kier alpha value is -3.34. The number of nitrogens with one attached hydrogen (secondary N) is 2. The summed E-state index contributed by atoms with van der Waals surface area (Å²) in [6.45, 7) is 13.4. The van der Waals surface area contributed by atoms with Gasteiger partial charge in [0.15, 0.2) is 11.6 Å². The monoisotopic (exact) mass is 555 g/mol. The van der Waals surface area contributed by atoms with E-state index in [-0.39, 0.29) is 44.6 Å². The van der Waals surface area contributed by atoms with Crippen LogP contribution < -0.4 is 10.6 Å². The zero-order valence-electron chi connectivity index (χ0n) is 23.4. The molecule has 0 saturated heterocycles. The Bertz CT molecular complexity index is 1400. The van der Waals surface area contributed by atoms with Crippen molar-refractivity contribution < 1.29 is 28.5 Å². The highest BCUT2D eigenvalue weighted by molar-refractivity contribution is 8.23. The number of nitrogens with zero attached hydrogens (tertiary/aromatic N) is 1. The molecule has 210 valence electrons. The van der Waals surface area contributed by atoms with Crippen LogP contribution in [0, 0.1) is 5.41 Å². The molecule has 0 aromatic heterocycles. The molecular formula is C29H37N3O6S. The van der Waals surface area contributed by atoms with Crippen molar-refractivity contribution in [3.05, 3.63) is 59.2 Å². The Morgan fingerprint density at radius 2 is 1.77 bits per heavy atom. The average Bonchev–Trinajstić information content (AvgIpc) is 2.80. The average molecular weight is 556 g/mol. The number of carbonyl (C=O) groups excluding carboxylic acids is 2. The SMILES string of the molecule is CC(C)(C)CCC1(C)C(=O)C(C2=NS(O)(O)c3cc(NC(=O)OC(C)(C)C)ccc3N2)=C(O)c2ccccc21. The molecule has 5 N–H and O–H groups in total. The van der Waals surface area contributed by atoms with Gasteiger partial charge in [0.25, 0.3) is 0 Å². The van der Waals surface area contributed by atoms with Gasteiger partial charge in [0, 0.05) is 11.3 Å². The highest BCUT2D eigenvalue weighted by atomic mass is 32.3. The summed E-state index contributed by atoms with van der Waals surface area (Å²) in [7, 11) is -3.80. The summed E-state index contributed by atoms with van der Waals surface area (Å²) < 4.78 is 31.5. The number of hydrogen-bond donors (Lipinski definition) is 5. The Balaban J connectivity index is 1.73. The van der Waals surface area contributed by atoms with Gasteiger partial charge in [-0.1, -0.05) is 55.8 Å². The van der Waals surface area contributed by atoms with E-state index in [2.05, 4.69) is 35.8 Å². The van der Waals surface area contributed by atoms with Crippen molar-refractivity contribution in [3.63, 3.8) is 0 Å². The van der Waals surface area contributed by atoms with Crippen LogP contribution in [0.15, 0.2) is 57.3 Å². The molecular weight excluding hydrogens is 518 g/mol. The Morgan fingerprint density at radius 1 is 1.10 bits per heavy atom. The minimum absolute atomic E-state index is 0.0261. The van der Waals surface area contributed by atoms with Crippen LogP contribution in [0.1, 0.15) is 72.4 Å². The standard InChI is InChI=1S/C29H37N3O6S/c1-27(2,3)14-15-29(7)19-11-9-8-10-18(19)23(33)22(24(29)34)25-31-20-13-12-17(16-21(20)39(36,37)32-25)30-26(35)38-28(4,5)6/h8-13,16,33,36-37H,14-15H2,1-7H3,(H,30,35)(H,31,32). The minimum atomic E-state index is -3.80. The Kier molecular flexibility index (Phi) is 7.12. The lowest BCUT2D eigenvalue weighted by Crippen LogP contribution is -2.42. The smallest absolute Gasteiger partial charge is 0.412 e. The number of benzene rings is 2. The Morgan fingerprint density at radius 3 is 2.41 bits per heavy atom. The Labute approximate surface area is 230 Å². The van der Waals surface area contributed by atoms with Gasteiger partial charge in [-0.3, -0.25) is 19.2 Å². The molecule has 2 aromatic carbocycles. The first-order chi connectivity index (χ1) is 17.9. The van der Waals surface area contributed by atoms with Crippen molar-refractivity contribution in [1.82, 2.24) is 0 Å². The van der Waals surface area contributed by atoms with Crippen LogP contribution in [-0.4, -0.2) is 37.5 Å². The number of ketones is 1. The van der Waals surface area contributed by atoms with Crippen LogP contribution in [0.2, 0.25) is 0 Å². The van der Waals surface area contributed by atoms with Gasteiger partial charge in [-0.2, -0.15) is 0 Å². The third kappa shape index (κ3) is 5.83. The molecule has 1 unspecified atom stereocenters. The van der Waals surface area contributed by atoms with Gasteiger partial charge in [0.2, 0.25) is 0 Å². The normalized spacial score (nSPS) is 21.3. The molecule has 1 aliphatic carbocycles. The number of amidine groups is 1. The fraction of sp³-hybridized carbons (Fsp3) is 0.414. The van der Waals surface area contributed by atoms with Crippen LogP contribution in [-0.2, 0) is 14.9 Å². The summed E-state index contributed by atoms with van der Waals surface area (Å²) in [5, 5.41) is 16.9. The number of anilines is 2. The molecule has 2 aliphatic rings. The second-order valence-electron chi connectivity index (χ2n) is 12.4. The number of carbonyl (C=O) groups is 2. The third-order valence-electron chi connectivity index (χ3n) is 6.75. The fourth-order valence-corrected chi connectivity index (χ4v) is 5.88. The van der Waals surface area contributed by atoms with Gasteiger partial charge in [0.05, 0.1) is 11.1 Å². The summed E-state index contributed by atoms with van der Waals surface area (Å²) in [5.41, 5.74) is 0.0214. The third-order valence-corrected chi connectivity index (χ3v) is 8.11. The molecule has 9 nitrogen and oxygen atoms in total. The van der Waals surface area contributed by atoms with Gasteiger partial charge in [-0.15, -0.1) is 4.40 Å². The summed E-state index contributed by atoms with van der Waals surface area (Å²) >= 11 is 0. The van der Waals surface area contributed by atoms with E-state index in [4.69, 9.17) is 4.74 Å². The number of aliphatic hydroxyl groups is 1. The van der Waals surface area contributed by atoms with Gasteiger partial charge in [-0.05, 0) is 69.7 Å². The lowest BCUT2D eigenvalue weighted by atomic mass is 9.65. The first kappa shape index (κ1) is 28.7. The molecule has 0 fully saturated rings. The molecule has 10 heteroatoms. The van der Waals surface area contributed by atoms with Crippen molar-refractivity contribution in [2.75, 3.05) is 10.6 Å². The molecule has 2 aromatic rings. The van der Waals surface area contributed by atoms with Gasteiger partial charge in [0.1, 0.15) is 21.8 Å². The highest BCUT2D eigenvalue weighted by Gasteiger charge is 2.47. The summed E-state index contributed by atoms with van der Waals surface area (Å²) in [5.74, 6) is -0.734. The zero-order valence-corrected chi connectivity index (χ0v) is 24.2. The van der Waals surface area contributed by atoms with E-state index >= 15 is 0 Å². The summed E-state index contributed by atoms with van der Waals surface area (Å²) in [6, 6.07) is 11.7. The van der Waals surface area contributed by atoms with Gasteiger partial charge in [-0.25, -0.2) is 4.79 Å². The van der Waals surface area contributed by atoms with E-state index in [9.17, 15) is 23.8 Å². The van der Waals surface area contributed by atoms with Crippen LogP contribution in [0.5, 0.6) is 0 Å². The van der Waals surface area contributed by atoms with E-state index < -0.39 is 27.9 Å². The predicted octanol–water partition coefficient (Wildman–Crippen LogP) is 7.52. The molecule has 4 rings (SSSR count). The van der Waals surface area contributed by atoms with E-state index in [0.717, 1.165) is 12.0 Å². The predicted molar refractivity (Wildman–Crippen MR) is 156 cm³/mol. The van der Waals surface area contributed by atoms with Crippen LogP contribution in [0.4, 0.5) is 16.2 Å². The molecule has 0 radical (unpaired) electrons. The lowest BCUT2D eigenvalue weighted by Gasteiger charge is -2.39. The molecule has 1 aliphatic heterocycles. The zero-order chi connectivity index (χ0) is 29.0. The number of aliphatic hydroxyl groups excluding tert-OH is 1. The second kappa shape index (κ2) is 9.69. The number of rotatable bonds is 4. The van der Waals surface area contributed by atoms with Crippen molar-refractivity contribution in [1.29, 1.82) is 0 Å². The van der Waals surface area contributed by atoms with Crippen molar-refractivity contribution in [2.24, 2.45) is 9.81 Å². The first-order valence-corrected chi connectivity index (χ1v) is 14.3. The molecule has 1 amide bonds. The van der Waals surface area contributed by atoms with Crippen LogP contribution in [0.25, 0.3) is 5.76 Å². The van der Waals surface area contributed by atoms with Crippen molar-refractivity contribution in [3.8, 4) is 0 Å². The van der Waals surface area contributed by atoms with E-state index in [1.165, 1.54) is 6.07 Å². The lowest BCUT2D eigenvalue weighted by molar-refractivity contribution is -0.120. The maximum Gasteiger partial charge on any atom is 0.412 e. The molecule has 1 atom stereocenters. The quantitative estimate of drug-likeness (QED) is 0.263. The van der Waals surface area contributed by atoms with Gasteiger partial charge >= 0.3 is 6.09 Å². The topological polar surface area (TPSA) is 140 Å².